The van der Waals surface area contributed by atoms with Gasteiger partial charge in [-0.2, -0.15) is 0 Å². The zero-order valence-electron chi connectivity index (χ0n) is 33.2. The smallest absolute Gasteiger partial charge is 0.167 e. The summed E-state index contributed by atoms with van der Waals surface area (Å²) in [5.74, 6) is 1.13. The molecule has 3 heterocycles. The van der Waals surface area contributed by atoms with E-state index >= 15 is 0 Å². The van der Waals surface area contributed by atoms with E-state index in [1.165, 1.54) is 0 Å². The van der Waals surface area contributed by atoms with Gasteiger partial charge in [-0.15, -0.1) is 0 Å². The van der Waals surface area contributed by atoms with Crippen molar-refractivity contribution in [1.29, 1.82) is 0 Å². The molecule has 0 aliphatic rings. The molecule has 10 aromatic rings. The maximum absolute atomic E-state index is 9.31. The average molecular weight is 649 g/mol. The SMILES string of the molecule is [2H]c1c([2H])c([2H])c2c(oc3c([2H])c([2H])c(-c4cccc(-c5nc(-c6ccc(-c7ccccc7)cc6)nc(-c6cccc7c6oc6ccccc67)n5)c4)c([2H])c32)c1[2H]. The van der Waals surface area contributed by atoms with Crippen LogP contribution in [-0.2, 0) is 0 Å². The van der Waals surface area contributed by atoms with Crippen LogP contribution in [0.15, 0.2) is 172 Å². The van der Waals surface area contributed by atoms with Crippen LogP contribution in [0.1, 0.15) is 9.60 Å². The van der Waals surface area contributed by atoms with Gasteiger partial charge in [0.05, 0.1) is 15.2 Å². The van der Waals surface area contributed by atoms with E-state index in [4.69, 9.17) is 32.0 Å². The van der Waals surface area contributed by atoms with Crippen LogP contribution >= 0.6 is 0 Å². The number of hydrogen-bond acceptors (Lipinski definition) is 5. The van der Waals surface area contributed by atoms with Crippen molar-refractivity contribution >= 4 is 43.9 Å². The second-order valence-corrected chi connectivity index (χ2v) is 11.9. The molecular formula is C45H27N3O2. The first-order valence-electron chi connectivity index (χ1n) is 19.5. The zero-order chi connectivity index (χ0) is 39.1. The molecule has 0 saturated heterocycles. The third-order valence-corrected chi connectivity index (χ3v) is 8.83. The molecule has 0 fully saturated rings. The highest BCUT2D eigenvalue weighted by molar-refractivity contribution is 6.09. The third kappa shape index (κ3) is 4.75. The van der Waals surface area contributed by atoms with Gasteiger partial charge in [-0.05, 0) is 58.6 Å². The molecule has 0 spiro atoms. The molecule has 0 saturated carbocycles. The van der Waals surface area contributed by atoms with Crippen molar-refractivity contribution in [3.8, 4) is 56.4 Å². The van der Waals surface area contributed by atoms with Gasteiger partial charge in [-0.3, -0.25) is 0 Å². The number of aromatic nitrogens is 3. The van der Waals surface area contributed by atoms with E-state index in [-0.39, 0.29) is 51.7 Å². The molecular weight excluding hydrogens is 615 g/mol. The predicted molar refractivity (Wildman–Crippen MR) is 202 cm³/mol. The van der Waals surface area contributed by atoms with Crippen LogP contribution < -0.4 is 0 Å². The molecule has 0 atom stereocenters. The zero-order valence-corrected chi connectivity index (χ0v) is 26.2. The van der Waals surface area contributed by atoms with E-state index in [2.05, 4.69) is 12.1 Å². The van der Waals surface area contributed by atoms with E-state index in [0.29, 0.717) is 39.7 Å². The molecule has 0 unspecified atom stereocenters. The summed E-state index contributed by atoms with van der Waals surface area (Å²) in [6.07, 6.45) is 0. The molecule has 50 heavy (non-hydrogen) atoms. The largest absolute Gasteiger partial charge is 0.456 e. The topological polar surface area (TPSA) is 65.0 Å². The molecule has 5 nitrogen and oxygen atoms in total. The predicted octanol–water partition coefficient (Wildman–Crippen LogP) is 12.0. The molecule has 0 amide bonds. The summed E-state index contributed by atoms with van der Waals surface area (Å²) in [6.45, 7) is 0. The minimum atomic E-state index is -0.483. The van der Waals surface area contributed by atoms with Gasteiger partial charge < -0.3 is 8.83 Å². The van der Waals surface area contributed by atoms with E-state index in [1.807, 2.05) is 91.0 Å². The van der Waals surface area contributed by atoms with Crippen LogP contribution in [0, 0.1) is 0 Å². The standard InChI is InChI=1S/C45H27N3O2/c1-2-10-28(11-3-1)29-20-22-30(23-21-29)43-46-44(48-45(47-43)37-17-9-16-36-34-14-4-7-19-40(34)50-42(36)37)33-13-8-12-31(26-33)32-24-25-41-38(27-32)35-15-5-6-18-39(35)49-41/h1-27H/i5D,6D,15D,18D,24D,25D,27D. The summed E-state index contributed by atoms with van der Waals surface area (Å²) in [5.41, 5.74) is 5.69. The van der Waals surface area contributed by atoms with Gasteiger partial charge in [0, 0.05) is 32.7 Å². The van der Waals surface area contributed by atoms with Crippen LogP contribution in [0.25, 0.3) is 100 Å². The summed E-state index contributed by atoms with van der Waals surface area (Å²) < 4.78 is 72.8. The third-order valence-electron chi connectivity index (χ3n) is 8.83. The molecule has 0 N–H and O–H groups in total. The maximum Gasteiger partial charge on any atom is 0.167 e. The fourth-order valence-corrected chi connectivity index (χ4v) is 6.38. The Labute approximate surface area is 297 Å². The molecule has 5 heteroatoms. The van der Waals surface area contributed by atoms with Gasteiger partial charge in [-0.25, -0.2) is 15.0 Å². The first kappa shape index (κ1) is 21.9. The van der Waals surface area contributed by atoms with Crippen LogP contribution in [0.5, 0.6) is 0 Å². The summed E-state index contributed by atoms with van der Waals surface area (Å²) in [6, 6.07) is 36.2. The van der Waals surface area contributed by atoms with Gasteiger partial charge in [0.25, 0.3) is 0 Å². The number of hydrogen-bond donors (Lipinski definition) is 0. The number of para-hydroxylation sites is 3. The van der Waals surface area contributed by atoms with Gasteiger partial charge in [-0.1, -0.05) is 127 Å². The van der Waals surface area contributed by atoms with Crippen LogP contribution in [0.3, 0.4) is 0 Å². The number of furan rings is 2. The first-order chi connectivity index (χ1) is 27.7. The molecule has 10 rings (SSSR count). The Hall–Kier alpha value is -6.85. The summed E-state index contributed by atoms with van der Waals surface area (Å²) in [7, 11) is 0. The fourth-order valence-electron chi connectivity index (χ4n) is 6.38. The quantitative estimate of drug-likeness (QED) is 0.186. The second kappa shape index (κ2) is 11.4. The van der Waals surface area contributed by atoms with Gasteiger partial charge in [0.1, 0.15) is 22.3 Å². The molecule has 234 valence electrons. The van der Waals surface area contributed by atoms with Gasteiger partial charge in [0.2, 0.25) is 0 Å². The van der Waals surface area contributed by atoms with Crippen molar-refractivity contribution in [3.63, 3.8) is 0 Å². The van der Waals surface area contributed by atoms with Crippen LogP contribution in [0.4, 0.5) is 0 Å². The van der Waals surface area contributed by atoms with E-state index in [9.17, 15) is 1.37 Å². The minimum Gasteiger partial charge on any atom is -0.456 e. The average Bonchev–Trinajstić information content (AvgIpc) is 3.85. The lowest BCUT2D eigenvalue weighted by molar-refractivity contribution is 0.669. The van der Waals surface area contributed by atoms with Crippen molar-refractivity contribution < 1.29 is 18.4 Å². The molecule has 0 aliphatic heterocycles. The van der Waals surface area contributed by atoms with Crippen molar-refractivity contribution in [3.05, 3.63) is 164 Å². The maximum atomic E-state index is 9.31. The number of rotatable bonds is 5. The molecule has 0 bridgehead atoms. The summed E-state index contributed by atoms with van der Waals surface area (Å²) >= 11 is 0. The van der Waals surface area contributed by atoms with Crippen molar-refractivity contribution in [2.75, 3.05) is 0 Å². The van der Waals surface area contributed by atoms with Crippen molar-refractivity contribution in [2.24, 2.45) is 0 Å². The minimum absolute atomic E-state index is 0.00305. The Morgan fingerprint density at radius 2 is 1.06 bits per heavy atom. The number of fused-ring (bicyclic) bond motifs is 6. The Morgan fingerprint density at radius 1 is 0.400 bits per heavy atom. The highest BCUT2D eigenvalue weighted by Gasteiger charge is 2.18. The highest BCUT2D eigenvalue weighted by atomic mass is 16.3. The first-order valence-corrected chi connectivity index (χ1v) is 16.0. The van der Waals surface area contributed by atoms with E-state index in [0.717, 1.165) is 33.0 Å². The van der Waals surface area contributed by atoms with Crippen LogP contribution in [-0.4, -0.2) is 15.0 Å². The van der Waals surface area contributed by atoms with E-state index in [1.54, 1.807) is 18.2 Å². The van der Waals surface area contributed by atoms with Crippen LogP contribution in [0.2, 0.25) is 0 Å². The van der Waals surface area contributed by atoms with Gasteiger partial charge >= 0.3 is 0 Å². The lowest BCUT2D eigenvalue weighted by atomic mass is 10.0. The van der Waals surface area contributed by atoms with Crippen molar-refractivity contribution in [1.82, 2.24) is 15.0 Å². The fraction of sp³-hybridized carbons (Fsp3) is 0. The second-order valence-electron chi connectivity index (χ2n) is 11.9. The molecule has 7 aromatic carbocycles. The number of nitrogens with zero attached hydrogens (tertiary/aromatic N) is 3. The Bertz CT molecular complexity index is 3270. The monoisotopic (exact) mass is 648 g/mol. The normalized spacial score (nSPS) is 13.6. The highest BCUT2D eigenvalue weighted by Crippen LogP contribution is 2.37. The molecule has 0 radical (unpaired) electrons. The molecule has 3 aromatic heterocycles. The molecule has 0 aliphatic carbocycles. The summed E-state index contributed by atoms with van der Waals surface area (Å²) in [5, 5.41) is 1.93. The Kier molecular flexibility index (Phi) is 4.99. The summed E-state index contributed by atoms with van der Waals surface area (Å²) in [4.78, 5) is 14.9. The van der Waals surface area contributed by atoms with Gasteiger partial charge in [0.15, 0.2) is 17.5 Å². The lowest BCUT2D eigenvalue weighted by Gasteiger charge is -2.10. The number of benzene rings is 7. The Balaban J connectivity index is 1.17. The Morgan fingerprint density at radius 3 is 1.96 bits per heavy atom. The van der Waals surface area contributed by atoms with E-state index < -0.39 is 18.1 Å². The lowest BCUT2D eigenvalue weighted by Crippen LogP contribution is -2.00. The van der Waals surface area contributed by atoms with Crippen molar-refractivity contribution in [2.45, 2.75) is 0 Å².